The molecule has 0 aromatic heterocycles. The molecule has 0 bridgehead atoms. The first-order chi connectivity index (χ1) is 7.82. The van der Waals surface area contributed by atoms with Crippen LogP contribution in [0.4, 0.5) is 0 Å². The fraction of sp³-hybridized carbons (Fsp3) is 0.200. The summed E-state index contributed by atoms with van der Waals surface area (Å²) in [4.78, 5) is 22.1. The van der Waals surface area contributed by atoms with Crippen LogP contribution >= 0.6 is 0 Å². The van der Waals surface area contributed by atoms with Gasteiger partial charge in [-0.05, 0) is 12.1 Å². The van der Waals surface area contributed by atoms with Crippen LogP contribution in [-0.4, -0.2) is 26.7 Å². The molecular formula is C10H12N2O4S. The SMILES string of the molecule is CC(=O)NCC(=O)c1ccccc1S(N)(=O)=O. The molecule has 0 saturated carbocycles. The molecule has 0 fully saturated rings. The molecule has 6 nitrogen and oxygen atoms in total. The average molecular weight is 256 g/mol. The zero-order chi connectivity index (χ0) is 13.1. The van der Waals surface area contributed by atoms with E-state index >= 15 is 0 Å². The highest BCUT2D eigenvalue weighted by molar-refractivity contribution is 7.89. The highest BCUT2D eigenvalue weighted by Gasteiger charge is 2.18. The van der Waals surface area contributed by atoms with Gasteiger partial charge in [-0.15, -0.1) is 0 Å². The summed E-state index contributed by atoms with van der Waals surface area (Å²) in [5, 5.41) is 7.28. The minimum absolute atomic E-state index is 0.0243. The summed E-state index contributed by atoms with van der Waals surface area (Å²) < 4.78 is 22.5. The van der Waals surface area contributed by atoms with E-state index in [1.54, 1.807) is 0 Å². The van der Waals surface area contributed by atoms with Crippen LogP contribution in [0.25, 0.3) is 0 Å². The van der Waals surface area contributed by atoms with Crippen molar-refractivity contribution in [2.75, 3.05) is 6.54 Å². The number of hydrogen-bond donors (Lipinski definition) is 2. The van der Waals surface area contributed by atoms with E-state index in [1.165, 1.54) is 31.2 Å². The minimum atomic E-state index is -3.95. The first-order valence-electron chi connectivity index (χ1n) is 4.72. The maximum absolute atomic E-state index is 11.7. The molecule has 1 amide bonds. The number of benzene rings is 1. The van der Waals surface area contributed by atoms with E-state index in [1.807, 2.05) is 0 Å². The summed E-state index contributed by atoms with van der Waals surface area (Å²) in [5.74, 6) is -0.878. The van der Waals surface area contributed by atoms with Gasteiger partial charge in [0.15, 0.2) is 5.78 Å². The van der Waals surface area contributed by atoms with E-state index in [0.717, 1.165) is 0 Å². The summed E-state index contributed by atoms with van der Waals surface area (Å²) in [7, 11) is -3.95. The Kier molecular flexibility index (Phi) is 3.97. The zero-order valence-electron chi connectivity index (χ0n) is 9.14. The van der Waals surface area contributed by atoms with Gasteiger partial charge in [0.05, 0.1) is 11.4 Å². The van der Waals surface area contributed by atoms with E-state index in [4.69, 9.17) is 5.14 Å². The van der Waals surface area contributed by atoms with E-state index in [2.05, 4.69) is 5.32 Å². The number of Topliss-reactive ketones (excluding diaryl/α,β-unsaturated/α-hetero) is 1. The number of amides is 1. The quantitative estimate of drug-likeness (QED) is 0.718. The predicted molar refractivity (Wildman–Crippen MR) is 60.8 cm³/mol. The Morgan fingerprint density at radius 2 is 1.88 bits per heavy atom. The molecule has 0 atom stereocenters. The molecule has 1 aromatic rings. The number of hydrogen-bond acceptors (Lipinski definition) is 4. The van der Waals surface area contributed by atoms with Crippen molar-refractivity contribution in [3.63, 3.8) is 0 Å². The maximum Gasteiger partial charge on any atom is 0.238 e. The van der Waals surface area contributed by atoms with Crippen LogP contribution in [0, 0.1) is 0 Å². The topological polar surface area (TPSA) is 106 Å². The number of sulfonamides is 1. The lowest BCUT2D eigenvalue weighted by atomic mass is 10.1. The second-order valence-electron chi connectivity index (χ2n) is 3.37. The molecule has 0 saturated heterocycles. The standard InChI is InChI=1S/C10H12N2O4S/c1-7(13)12-6-9(14)8-4-2-3-5-10(8)17(11,15)16/h2-5H,6H2,1H3,(H,12,13)(H2,11,15,16). The Balaban J connectivity index is 3.06. The van der Waals surface area contributed by atoms with Gasteiger partial charge in [0, 0.05) is 12.5 Å². The summed E-state index contributed by atoms with van der Waals surface area (Å²) in [6.45, 7) is 1.00. The largest absolute Gasteiger partial charge is 0.349 e. The van der Waals surface area contributed by atoms with Crippen LogP contribution in [0.3, 0.4) is 0 Å². The van der Waals surface area contributed by atoms with E-state index < -0.39 is 15.8 Å². The van der Waals surface area contributed by atoms with Crippen LogP contribution in [0.15, 0.2) is 29.2 Å². The fourth-order valence-electron chi connectivity index (χ4n) is 1.25. The number of carbonyl (C=O) groups excluding carboxylic acids is 2. The second-order valence-corrected chi connectivity index (χ2v) is 4.90. The van der Waals surface area contributed by atoms with Crippen LogP contribution in [-0.2, 0) is 14.8 Å². The van der Waals surface area contributed by atoms with Crippen LogP contribution in [0.1, 0.15) is 17.3 Å². The number of nitrogens with one attached hydrogen (secondary N) is 1. The van der Waals surface area contributed by atoms with Gasteiger partial charge >= 0.3 is 0 Å². The molecule has 3 N–H and O–H groups in total. The van der Waals surface area contributed by atoms with Gasteiger partial charge in [0.25, 0.3) is 0 Å². The maximum atomic E-state index is 11.7. The Labute approximate surface area is 98.9 Å². The third-order valence-electron chi connectivity index (χ3n) is 1.99. The predicted octanol–water partition coefficient (Wildman–Crippen LogP) is -0.347. The van der Waals surface area contributed by atoms with Gasteiger partial charge < -0.3 is 5.32 Å². The Hall–Kier alpha value is -1.73. The van der Waals surface area contributed by atoms with Crippen molar-refractivity contribution in [2.45, 2.75) is 11.8 Å². The van der Waals surface area contributed by atoms with Gasteiger partial charge in [0.1, 0.15) is 0 Å². The van der Waals surface area contributed by atoms with Crippen molar-refractivity contribution in [1.82, 2.24) is 5.32 Å². The molecule has 0 unspecified atom stereocenters. The normalized spacial score (nSPS) is 10.9. The monoisotopic (exact) mass is 256 g/mol. The van der Waals surface area contributed by atoms with Crippen LogP contribution in [0.5, 0.6) is 0 Å². The third-order valence-corrected chi connectivity index (χ3v) is 2.96. The Morgan fingerprint density at radius 3 is 2.41 bits per heavy atom. The summed E-state index contributed by atoms with van der Waals surface area (Å²) in [6, 6.07) is 5.59. The highest BCUT2D eigenvalue weighted by atomic mass is 32.2. The molecule has 0 spiro atoms. The smallest absolute Gasteiger partial charge is 0.238 e. The van der Waals surface area contributed by atoms with E-state index in [0.29, 0.717) is 0 Å². The molecule has 7 heteroatoms. The first-order valence-corrected chi connectivity index (χ1v) is 6.26. The molecule has 1 aromatic carbocycles. The molecular weight excluding hydrogens is 244 g/mol. The van der Waals surface area contributed by atoms with E-state index in [-0.39, 0.29) is 22.9 Å². The van der Waals surface area contributed by atoms with Crippen LogP contribution in [0.2, 0.25) is 0 Å². The molecule has 0 aliphatic heterocycles. The second kappa shape index (κ2) is 5.07. The zero-order valence-corrected chi connectivity index (χ0v) is 9.95. The molecule has 92 valence electrons. The molecule has 1 rings (SSSR count). The van der Waals surface area contributed by atoms with Crippen molar-refractivity contribution in [3.05, 3.63) is 29.8 Å². The van der Waals surface area contributed by atoms with Gasteiger partial charge in [-0.3, -0.25) is 9.59 Å². The number of carbonyl (C=O) groups is 2. The van der Waals surface area contributed by atoms with Crippen molar-refractivity contribution < 1.29 is 18.0 Å². The van der Waals surface area contributed by atoms with E-state index in [9.17, 15) is 18.0 Å². The molecule has 17 heavy (non-hydrogen) atoms. The summed E-state index contributed by atoms with van der Waals surface area (Å²) in [5.41, 5.74) is -0.0243. The third kappa shape index (κ3) is 3.65. The Morgan fingerprint density at radius 1 is 1.29 bits per heavy atom. The number of rotatable bonds is 4. The lowest BCUT2D eigenvalue weighted by Crippen LogP contribution is -2.28. The number of primary sulfonamides is 1. The molecule has 0 aliphatic carbocycles. The molecule has 0 aliphatic rings. The number of nitrogens with two attached hydrogens (primary N) is 1. The molecule has 0 heterocycles. The summed E-state index contributed by atoms with van der Waals surface area (Å²) in [6.07, 6.45) is 0. The van der Waals surface area contributed by atoms with Gasteiger partial charge in [0.2, 0.25) is 15.9 Å². The molecule has 0 radical (unpaired) electrons. The Bertz CT molecular complexity index is 551. The van der Waals surface area contributed by atoms with Crippen molar-refractivity contribution in [1.29, 1.82) is 0 Å². The summed E-state index contributed by atoms with van der Waals surface area (Å²) >= 11 is 0. The van der Waals surface area contributed by atoms with Crippen LogP contribution < -0.4 is 10.5 Å². The lowest BCUT2D eigenvalue weighted by molar-refractivity contribution is -0.118. The van der Waals surface area contributed by atoms with Crippen molar-refractivity contribution in [2.24, 2.45) is 5.14 Å². The lowest BCUT2D eigenvalue weighted by Gasteiger charge is -2.06. The minimum Gasteiger partial charge on any atom is -0.349 e. The first kappa shape index (κ1) is 13.3. The number of ketones is 1. The van der Waals surface area contributed by atoms with Gasteiger partial charge in [-0.25, -0.2) is 13.6 Å². The van der Waals surface area contributed by atoms with Crippen molar-refractivity contribution in [3.8, 4) is 0 Å². The van der Waals surface area contributed by atoms with Crippen molar-refractivity contribution >= 4 is 21.7 Å². The van der Waals surface area contributed by atoms with Gasteiger partial charge in [-0.2, -0.15) is 0 Å². The highest BCUT2D eigenvalue weighted by Crippen LogP contribution is 2.13. The fourth-order valence-corrected chi connectivity index (χ4v) is 2.00. The van der Waals surface area contributed by atoms with Gasteiger partial charge in [-0.1, -0.05) is 12.1 Å². The average Bonchev–Trinajstić information content (AvgIpc) is 2.24.